The van der Waals surface area contributed by atoms with Crippen LogP contribution in [0.2, 0.25) is 0 Å². The van der Waals surface area contributed by atoms with E-state index in [9.17, 15) is 13.2 Å². The van der Waals surface area contributed by atoms with Gasteiger partial charge >= 0.3 is 0 Å². The fourth-order valence-electron chi connectivity index (χ4n) is 3.51. The van der Waals surface area contributed by atoms with Crippen LogP contribution in [0.5, 0.6) is 0 Å². The predicted molar refractivity (Wildman–Crippen MR) is 115 cm³/mol. The number of rotatable bonds is 5. The molecule has 1 fully saturated rings. The molecule has 2 N–H and O–H groups in total. The first-order chi connectivity index (χ1) is 13.8. The van der Waals surface area contributed by atoms with Gasteiger partial charge in [0.15, 0.2) is 0 Å². The van der Waals surface area contributed by atoms with Gasteiger partial charge in [0.25, 0.3) is 0 Å². The SMILES string of the molecule is Cc1ccc(C2CCN(S(=O)(=O)CC(C#Cc3ccccc3)C(N)=O)CC2)cc1. The van der Waals surface area contributed by atoms with Crippen LogP contribution in [0.1, 0.15) is 35.4 Å². The zero-order valence-corrected chi connectivity index (χ0v) is 17.4. The van der Waals surface area contributed by atoms with E-state index in [0.29, 0.717) is 19.0 Å². The van der Waals surface area contributed by atoms with Gasteiger partial charge < -0.3 is 5.73 Å². The summed E-state index contributed by atoms with van der Waals surface area (Å²) in [5.41, 5.74) is 8.60. The number of amides is 1. The Morgan fingerprint density at radius 2 is 1.72 bits per heavy atom. The number of nitrogens with two attached hydrogens (primary N) is 1. The molecular weight excluding hydrogens is 384 g/mol. The first-order valence-electron chi connectivity index (χ1n) is 9.75. The number of primary amides is 1. The van der Waals surface area contributed by atoms with Gasteiger partial charge in [0.05, 0.1) is 5.75 Å². The van der Waals surface area contributed by atoms with Crippen LogP contribution in [0.15, 0.2) is 54.6 Å². The van der Waals surface area contributed by atoms with Crippen LogP contribution >= 0.6 is 0 Å². The lowest BCUT2D eigenvalue weighted by molar-refractivity contribution is -0.119. The molecule has 0 bridgehead atoms. The summed E-state index contributed by atoms with van der Waals surface area (Å²) in [5.74, 6) is 3.82. The number of carbonyl (C=O) groups is 1. The minimum Gasteiger partial charge on any atom is -0.369 e. The van der Waals surface area contributed by atoms with E-state index in [1.165, 1.54) is 15.4 Å². The summed E-state index contributed by atoms with van der Waals surface area (Å²) >= 11 is 0. The van der Waals surface area contributed by atoms with Crippen molar-refractivity contribution >= 4 is 15.9 Å². The number of carbonyl (C=O) groups excluding carboxylic acids is 1. The molecule has 0 radical (unpaired) electrons. The van der Waals surface area contributed by atoms with Gasteiger partial charge in [-0.3, -0.25) is 4.79 Å². The number of hydrogen-bond acceptors (Lipinski definition) is 3. The van der Waals surface area contributed by atoms with Crippen molar-refractivity contribution in [3.8, 4) is 11.8 Å². The van der Waals surface area contributed by atoms with Gasteiger partial charge in [-0.25, -0.2) is 12.7 Å². The van der Waals surface area contributed by atoms with E-state index in [1.807, 2.05) is 18.2 Å². The van der Waals surface area contributed by atoms with Crippen LogP contribution < -0.4 is 5.73 Å². The maximum atomic E-state index is 12.8. The Hall–Kier alpha value is -2.62. The molecule has 0 spiro atoms. The molecule has 3 rings (SSSR count). The largest absolute Gasteiger partial charge is 0.369 e. The Labute approximate surface area is 173 Å². The van der Waals surface area contributed by atoms with Gasteiger partial charge in [0.2, 0.25) is 15.9 Å². The quantitative estimate of drug-likeness (QED) is 0.770. The lowest BCUT2D eigenvalue weighted by atomic mass is 9.90. The molecule has 1 saturated heterocycles. The van der Waals surface area contributed by atoms with Crippen LogP contribution in [0.4, 0.5) is 0 Å². The summed E-state index contributed by atoms with van der Waals surface area (Å²) in [6.07, 6.45) is 1.53. The van der Waals surface area contributed by atoms with Crippen LogP contribution in [-0.2, 0) is 14.8 Å². The van der Waals surface area contributed by atoms with Gasteiger partial charge in [0.1, 0.15) is 5.92 Å². The molecule has 1 unspecified atom stereocenters. The second-order valence-electron chi connectivity index (χ2n) is 7.45. The Morgan fingerprint density at radius 1 is 1.10 bits per heavy atom. The van der Waals surface area contributed by atoms with Crippen molar-refractivity contribution in [1.29, 1.82) is 0 Å². The highest BCUT2D eigenvalue weighted by Crippen LogP contribution is 2.29. The topological polar surface area (TPSA) is 80.5 Å². The first kappa shape index (κ1) is 21.1. The standard InChI is InChI=1S/C23H26N2O3S/c1-18-7-10-20(11-8-18)21-13-15-25(16-14-21)29(27,28)17-22(23(24)26)12-9-19-5-3-2-4-6-19/h2-8,10-11,21-22H,13-17H2,1H3,(H2,24,26). The molecule has 1 amide bonds. The molecule has 1 heterocycles. The maximum absolute atomic E-state index is 12.8. The third-order valence-electron chi connectivity index (χ3n) is 5.28. The van der Waals surface area contributed by atoms with Gasteiger partial charge in [-0.05, 0) is 43.4 Å². The van der Waals surface area contributed by atoms with Crippen molar-refractivity contribution in [3.05, 3.63) is 71.3 Å². The molecule has 1 aliphatic heterocycles. The van der Waals surface area contributed by atoms with Gasteiger partial charge in [-0.15, -0.1) is 0 Å². The summed E-state index contributed by atoms with van der Waals surface area (Å²) in [6.45, 7) is 2.94. The molecule has 2 aromatic rings. The Bertz CT molecular complexity index is 998. The Morgan fingerprint density at radius 3 is 2.31 bits per heavy atom. The zero-order valence-electron chi connectivity index (χ0n) is 16.5. The molecule has 5 nitrogen and oxygen atoms in total. The van der Waals surface area contributed by atoms with Crippen molar-refractivity contribution in [1.82, 2.24) is 4.31 Å². The van der Waals surface area contributed by atoms with E-state index < -0.39 is 21.8 Å². The normalized spacial score (nSPS) is 16.6. The van der Waals surface area contributed by atoms with Crippen molar-refractivity contribution in [2.45, 2.75) is 25.7 Å². The van der Waals surface area contributed by atoms with Gasteiger partial charge in [-0.1, -0.05) is 59.9 Å². The molecule has 0 aromatic heterocycles. The summed E-state index contributed by atoms with van der Waals surface area (Å²) in [5, 5.41) is 0. The second-order valence-corrected chi connectivity index (χ2v) is 9.47. The number of benzene rings is 2. The van der Waals surface area contributed by atoms with E-state index in [2.05, 4.69) is 43.0 Å². The molecule has 2 aromatic carbocycles. The van der Waals surface area contributed by atoms with Crippen molar-refractivity contribution in [2.75, 3.05) is 18.8 Å². The highest BCUT2D eigenvalue weighted by molar-refractivity contribution is 7.89. The highest BCUT2D eigenvalue weighted by Gasteiger charge is 2.31. The molecular formula is C23H26N2O3S. The number of hydrogen-bond donors (Lipinski definition) is 1. The average Bonchev–Trinajstić information content (AvgIpc) is 2.72. The van der Waals surface area contributed by atoms with Crippen LogP contribution in [0, 0.1) is 24.7 Å². The maximum Gasteiger partial charge on any atom is 0.233 e. The number of nitrogens with zero attached hydrogens (tertiary/aromatic N) is 1. The fourth-order valence-corrected chi connectivity index (χ4v) is 5.16. The molecule has 6 heteroatoms. The van der Waals surface area contributed by atoms with E-state index in [-0.39, 0.29) is 5.75 Å². The molecule has 1 atom stereocenters. The van der Waals surface area contributed by atoms with Crippen molar-refractivity contribution in [3.63, 3.8) is 0 Å². The van der Waals surface area contributed by atoms with Gasteiger partial charge in [0, 0.05) is 18.7 Å². The van der Waals surface area contributed by atoms with Crippen LogP contribution in [0.25, 0.3) is 0 Å². The lowest BCUT2D eigenvalue weighted by Crippen LogP contribution is -2.42. The fraction of sp³-hybridized carbons (Fsp3) is 0.348. The second kappa shape index (κ2) is 9.25. The molecule has 0 saturated carbocycles. The highest BCUT2D eigenvalue weighted by atomic mass is 32.2. The third kappa shape index (κ3) is 5.69. The smallest absolute Gasteiger partial charge is 0.233 e. The monoisotopic (exact) mass is 410 g/mol. The number of piperidine rings is 1. The zero-order chi connectivity index (χ0) is 20.9. The van der Waals surface area contributed by atoms with E-state index >= 15 is 0 Å². The number of aryl methyl sites for hydroxylation is 1. The minimum absolute atomic E-state index is 0.354. The first-order valence-corrected chi connectivity index (χ1v) is 11.4. The summed E-state index contributed by atoms with van der Waals surface area (Å²) < 4.78 is 27.2. The van der Waals surface area contributed by atoms with E-state index in [1.54, 1.807) is 12.1 Å². The third-order valence-corrected chi connectivity index (χ3v) is 7.19. The van der Waals surface area contributed by atoms with E-state index in [0.717, 1.165) is 18.4 Å². The predicted octanol–water partition coefficient (Wildman–Crippen LogP) is 2.66. The van der Waals surface area contributed by atoms with E-state index in [4.69, 9.17) is 5.73 Å². The molecule has 1 aliphatic rings. The van der Waals surface area contributed by atoms with Crippen molar-refractivity contribution in [2.24, 2.45) is 11.7 Å². The summed E-state index contributed by atoms with van der Waals surface area (Å²) in [4.78, 5) is 11.8. The van der Waals surface area contributed by atoms with Crippen LogP contribution in [-0.4, -0.2) is 37.5 Å². The minimum atomic E-state index is -3.61. The molecule has 29 heavy (non-hydrogen) atoms. The van der Waals surface area contributed by atoms with Crippen molar-refractivity contribution < 1.29 is 13.2 Å². The van der Waals surface area contributed by atoms with Gasteiger partial charge in [-0.2, -0.15) is 0 Å². The molecule has 152 valence electrons. The number of sulfonamides is 1. The molecule has 0 aliphatic carbocycles. The summed E-state index contributed by atoms with van der Waals surface area (Å²) in [6, 6.07) is 17.5. The summed E-state index contributed by atoms with van der Waals surface area (Å²) in [7, 11) is -3.61. The average molecular weight is 411 g/mol. The Kier molecular flexibility index (Phi) is 6.73. The lowest BCUT2D eigenvalue weighted by Gasteiger charge is -2.31. The van der Waals surface area contributed by atoms with Crippen LogP contribution in [0.3, 0.4) is 0 Å². The Balaban J connectivity index is 1.64.